The molecule has 0 radical (unpaired) electrons. The third kappa shape index (κ3) is 1.83. The number of nitrogens with zero attached hydrogens (tertiary/aromatic N) is 4. The highest BCUT2D eigenvalue weighted by atomic mass is 32.1. The zero-order valence-corrected chi connectivity index (χ0v) is 12.8. The molecule has 0 atom stereocenters. The summed E-state index contributed by atoms with van der Waals surface area (Å²) in [7, 11) is 0. The molecule has 4 heterocycles. The molecule has 0 aliphatic heterocycles. The summed E-state index contributed by atoms with van der Waals surface area (Å²) in [5.41, 5.74) is 1.79. The first kappa shape index (κ1) is 12.6. The van der Waals surface area contributed by atoms with Crippen molar-refractivity contribution >= 4 is 42.4 Å². The van der Waals surface area contributed by atoms with Crippen LogP contribution in [0.1, 0.15) is 0 Å². The van der Waals surface area contributed by atoms with Gasteiger partial charge in [0.15, 0.2) is 0 Å². The monoisotopic (exact) mass is 314 g/mol. The fraction of sp³-hybridized carbons (Fsp3) is 0. The van der Waals surface area contributed by atoms with Crippen LogP contribution in [0.3, 0.4) is 0 Å². The predicted octanol–water partition coefficient (Wildman–Crippen LogP) is 4.45. The van der Waals surface area contributed by atoms with Gasteiger partial charge in [0.05, 0.1) is 11.4 Å². The highest BCUT2D eigenvalue weighted by molar-refractivity contribution is 7.25. The second-order valence-corrected chi connectivity index (χ2v) is 6.29. The summed E-state index contributed by atoms with van der Waals surface area (Å²) in [5.74, 6) is 0. The predicted molar refractivity (Wildman–Crippen MR) is 93.5 cm³/mol. The second-order valence-electron chi connectivity index (χ2n) is 5.26. The van der Waals surface area contributed by atoms with Gasteiger partial charge in [-0.1, -0.05) is 24.3 Å². The largest absolute Gasteiger partial charge is 0.254 e. The number of hydrogen-bond acceptors (Lipinski definition) is 5. The molecule has 108 valence electrons. The summed E-state index contributed by atoms with van der Waals surface area (Å²) in [6.45, 7) is 0. The van der Waals surface area contributed by atoms with Gasteiger partial charge in [-0.2, -0.15) is 0 Å². The van der Waals surface area contributed by atoms with Crippen molar-refractivity contribution in [2.24, 2.45) is 0 Å². The van der Waals surface area contributed by atoms with E-state index in [0.29, 0.717) is 0 Å². The summed E-state index contributed by atoms with van der Waals surface area (Å²) in [5, 5.41) is 4.38. The normalized spacial score (nSPS) is 11.5. The van der Waals surface area contributed by atoms with E-state index in [9.17, 15) is 0 Å². The van der Waals surface area contributed by atoms with Crippen LogP contribution in [0.15, 0.2) is 61.3 Å². The minimum atomic E-state index is 0.889. The van der Waals surface area contributed by atoms with Crippen molar-refractivity contribution in [3.8, 4) is 11.4 Å². The topological polar surface area (TPSA) is 51.6 Å². The van der Waals surface area contributed by atoms with Crippen LogP contribution < -0.4 is 0 Å². The molecular weight excluding hydrogens is 304 g/mol. The Bertz CT molecular complexity index is 1170. The molecule has 0 saturated carbocycles. The summed E-state index contributed by atoms with van der Waals surface area (Å²) < 4.78 is 1.15. The van der Waals surface area contributed by atoms with Gasteiger partial charge in [-0.3, -0.25) is 9.97 Å². The van der Waals surface area contributed by atoms with Crippen LogP contribution in [-0.2, 0) is 0 Å². The molecule has 0 fully saturated rings. The quantitative estimate of drug-likeness (QED) is 0.458. The third-order valence-corrected chi connectivity index (χ3v) is 5.04. The molecule has 4 nitrogen and oxygen atoms in total. The van der Waals surface area contributed by atoms with Gasteiger partial charge >= 0.3 is 0 Å². The molecule has 5 heteroatoms. The average Bonchev–Trinajstić information content (AvgIpc) is 3.00. The Labute approximate surface area is 135 Å². The van der Waals surface area contributed by atoms with Gasteiger partial charge in [0.25, 0.3) is 0 Å². The molecular formula is C18H10N4S. The van der Waals surface area contributed by atoms with Crippen LogP contribution in [0.25, 0.3) is 42.5 Å². The molecule has 0 aliphatic rings. The molecule has 0 spiro atoms. The van der Waals surface area contributed by atoms with Crippen LogP contribution in [0.5, 0.6) is 0 Å². The van der Waals surface area contributed by atoms with E-state index in [0.717, 1.165) is 42.5 Å². The number of fused-ring (bicyclic) bond motifs is 4. The molecule has 0 N–H and O–H groups in total. The van der Waals surface area contributed by atoms with E-state index in [1.165, 1.54) is 0 Å². The number of hydrogen-bond donors (Lipinski definition) is 0. The maximum Gasteiger partial charge on any atom is 0.127 e. The number of thiophene rings is 1. The van der Waals surface area contributed by atoms with Crippen LogP contribution in [0.2, 0.25) is 0 Å². The lowest BCUT2D eigenvalue weighted by Crippen LogP contribution is -1.90. The Balaban J connectivity index is 1.96. The lowest BCUT2D eigenvalue weighted by Gasteiger charge is -2.06. The number of pyridine rings is 2. The number of aromatic nitrogens is 4. The Kier molecular flexibility index (Phi) is 2.63. The van der Waals surface area contributed by atoms with Crippen molar-refractivity contribution in [3.05, 3.63) is 61.3 Å². The molecule has 5 rings (SSSR count). The lowest BCUT2D eigenvalue weighted by molar-refractivity contribution is 1.23. The lowest BCUT2D eigenvalue weighted by atomic mass is 10.0. The molecule has 0 bridgehead atoms. The molecule has 4 aromatic heterocycles. The van der Waals surface area contributed by atoms with Crippen molar-refractivity contribution in [1.82, 2.24) is 19.9 Å². The smallest absolute Gasteiger partial charge is 0.127 e. The summed E-state index contributed by atoms with van der Waals surface area (Å²) in [6.07, 6.45) is 7.12. The van der Waals surface area contributed by atoms with Gasteiger partial charge in [-0.15, -0.1) is 11.3 Å². The zero-order chi connectivity index (χ0) is 15.2. The molecule has 0 amide bonds. The summed E-state index contributed by atoms with van der Waals surface area (Å²) >= 11 is 1.66. The maximum absolute atomic E-state index is 4.64. The highest BCUT2D eigenvalue weighted by Gasteiger charge is 2.15. The molecule has 23 heavy (non-hydrogen) atoms. The zero-order valence-electron chi connectivity index (χ0n) is 12.0. The molecule has 0 aliphatic carbocycles. The van der Waals surface area contributed by atoms with Gasteiger partial charge in [0.1, 0.15) is 11.2 Å². The van der Waals surface area contributed by atoms with Crippen LogP contribution in [-0.4, -0.2) is 19.9 Å². The SMILES string of the molecule is c1ccc2c(-c3nccc4sc5ncncc5c34)nccc2c1. The fourth-order valence-electron chi connectivity index (χ4n) is 2.95. The molecule has 0 unspecified atom stereocenters. The highest BCUT2D eigenvalue weighted by Crippen LogP contribution is 2.38. The van der Waals surface area contributed by atoms with Crippen molar-refractivity contribution < 1.29 is 0 Å². The van der Waals surface area contributed by atoms with E-state index >= 15 is 0 Å². The summed E-state index contributed by atoms with van der Waals surface area (Å²) in [6, 6.07) is 12.3. The minimum Gasteiger partial charge on any atom is -0.254 e. The van der Waals surface area contributed by atoms with Gasteiger partial charge < -0.3 is 0 Å². The molecule has 5 aromatic rings. The van der Waals surface area contributed by atoms with E-state index in [2.05, 4.69) is 32.1 Å². The van der Waals surface area contributed by atoms with E-state index in [1.807, 2.05) is 42.9 Å². The van der Waals surface area contributed by atoms with Gasteiger partial charge in [-0.05, 0) is 17.5 Å². The number of benzene rings is 1. The summed E-state index contributed by atoms with van der Waals surface area (Å²) in [4.78, 5) is 18.8. The average molecular weight is 314 g/mol. The van der Waals surface area contributed by atoms with Crippen molar-refractivity contribution in [3.63, 3.8) is 0 Å². The Hall–Kier alpha value is -2.92. The first-order chi connectivity index (χ1) is 11.4. The first-order valence-electron chi connectivity index (χ1n) is 7.23. The van der Waals surface area contributed by atoms with E-state index in [1.54, 1.807) is 17.7 Å². The first-order valence-corrected chi connectivity index (χ1v) is 8.05. The van der Waals surface area contributed by atoms with Crippen LogP contribution in [0, 0.1) is 0 Å². The van der Waals surface area contributed by atoms with Gasteiger partial charge in [0.2, 0.25) is 0 Å². The minimum absolute atomic E-state index is 0.889. The van der Waals surface area contributed by atoms with E-state index in [-0.39, 0.29) is 0 Å². The number of rotatable bonds is 1. The van der Waals surface area contributed by atoms with Crippen molar-refractivity contribution in [2.75, 3.05) is 0 Å². The maximum atomic E-state index is 4.64. The second kappa shape index (κ2) is 4.79. The fourth-order valence-corrected chi connectivity index (χ4v) is 3.96. The Morgan fingerprint density at radius 3 is 2.65 bits per heavy atom. The standard InChI is InChI=1S/C18H10N4S/c1-2-4-12-11(3-1)5-7-20-16(12)17-15-13-9-19-10-22-18(13)23-14(15)6-8-21-17/h1-10H. The Morgan fingerprint density at radius 1 is 0.783 bits per heavy atom. The van der Waals surface area contributed by atoms with E-state index in [4.69, 9.17) is 0 Å². The molecule has 1 aromatic carbocycles. The van der Waals surface area contributed by atoms with Crippen molar-refractivity contribution in [2.45, 2.75) is 0 Å². The van der Waals surface area contributed by atoms with E-state index < -0.39 is 0 Å². The van der Waals surface area contributed by atoms with Crippen molar-refractivity contribution in [1.29, 1.82) is 0 Å². The van der Waals surface area contributed by atoms with Gasteiger partial charge in [0, 0.05) is 39.4 Å². The Morgan fingerprint density at radius 2 is 1.65 bits per heavy atom. The third-order valence-electron chi connectivity index (χ3n) is 3.96. The van der Waals surface area contributed by atoms with Crippen LogP contribution in [0.4, 0.5) is 0 Å². The molecule has 0 saturated heterocycles. The van der Waals surface area contributed by atoms with Crippen LogP contribution >= 0.6 is 11.3 Å². The van der Waals surface area contributed by atoms with Gasteiger partial charge in [-0.25, -0.2) is 9.97 Å².